The van der Waals surface area contributed by atoms with Gasteiger partial charge >= 0.3 is 5.97 Å². The number of nitrogens with one attached hydrogen (secondary N) is 1. The molecule has 0 aliphatic rings. The maximum Gasteiger partial charge on any atom is 0.339 e. The summed E-state index contributed by atoms with van der Waals surface area (Å²) in [5.74, 6) is -1.24. The summed E-state index contributed by atoms with van der Waals surface area (Å²) < 4.78 is 19.2. The lowest BCUT2D eigenvalue weighted by molar-refractivity contribution is 0.0694. The third kappa shape index (κ3) is 2.70. The number of hydrogen-bond acceptors (Lipinski definition) is 3. The maximum atomic E-state index is 13.5. The van der Waals surface area contributed by atoms with Gasteiger partial charge in [-0.25, -0.2) is 9.18 Å². The molecule has 0 unspecified atom stereocenters. The van der Waals surface area contributed by atoms with E-state index in [4.69, 9.17) is 9.52 Å². The third-order valence-corrected chi connectivity index (χ3v) is 2.84. The van der Waals surface area contributed by atoms with Gasteiger partial charge in [0.15, 0.2) is 0 Å². The zero-order valence-electron chi connectivity index (χ0n) is 9.11. The highest BCUT2D eigenvalue weighted by Gasteiger charge is 2.13. The van der Waals surface area contributed by atoms with Gasteiger partial charge in [0.1, 0.15) is 17.1 Å². The highest BCUT2D eigenvalue weighted by atomic mass is 79.9. The first kappa shape index (κ1) is 12.6. The average Bonchev–Trinajstić information content (AvgIpc) is 2.76. The van der Waals surface area contributed by atoms with E-state index < -0.39 is 11.8 Å². The van der Waals surface area contributed by atoms with Gasteiger partial charge in [0.05, 0.1) is 18.5 Å². The summed E-state index contributed by atoms with van der Waals surface area (Å²) >= 11 is 3.15. The predicted octanol–water partition coefficient (Wildman–Crippen LogP) is 3.49. The van der Waals surface area contributed by atoms with Crippen LogP contribution in [0.25, 0.3) is 0 Å². The Kier molecular flexibility index (Phi) is 3.66. The van der Waals surface area contributed by atoms with Crippen LogP contribution in [0.15, 0.2) is 39.4 Å². The molecule has 94 valence electrons. The first-order valence-electron chi connectivity index (χ1n) is 5.06. The molecule has 1 heterocycles. The molecule has 18 heavy (non-hydrogen) atoms. The largest absolute Gasteiger partial charge is 0.478 e. The zero-order chi connectivity index (χ0) is 13.1. The fourth-order valence-electron chi connectivity index (χ4n) is 1.48. The molecule has 2 N–H and O–H groups in total. The van der Waals surface area contributed by atoms with Crippen LogP contribution in [0, 0.1) is 5.82 Å². The van der Waals surface area contributed by atoms with E-state index in [0.717, 1.165) is 0 Å². The van der Waals surface area contributed by atoms with Crippen molar-refractivity contribution in [2.45, 2.75) is 6.54 Å². The Balaban J connectivity index is 2.11. The summed E-state index contributed by atoms with van der Waals surface area (Å²) in [4.78, 5) is 10.8. The summed E-state index contributed by atoms with van der Waals surface area (Å²) in [5.41, 5.74) is 0.353. The topological polar surface area (TPSA) is 62.5 Å². The normalized spacial score (nSPS) is 10.3. The Hall–Kier alpha value is -1.82. The minimum atomic E-state index is -1.07. The van der Waals surface area contributed by atoms with Crippen LogP contribution in [0.5, 0.6) is 0 Å². The molecule has 0 spiro atoms. The van der Waals surface area contributed by atoms with E-state index in [1.165, 1.54) is 18.4 Å². The van der Waals surface area contributed by atoms with Gasteiger partial charge in [0.2, 0.25) is 0 Å². The third-order valence-electron chi connectivity index (χ3n) is 2.35. The molecular weight excluding hydrogens is 305 g/mol. The van der Waals surface area contributed by atoms with Crippen molar-refractivity contribution in [3.8, 4) is 0 Å². The van der Waals surface area contributed by atoms with Crippen LogP contribution in [0.2, 0.25) is 0 Å². The number of furan rings is 1. The molecule has 0 aliphatic heterocycles. The summed E-state index contributed by atoms with van der Waals surface area (Å²) in [7, 11) is 0. The Bertz CT molecular complexity index is 582. The second-order valence-corrected chi connectivity index (χ2v) is 4.46. The Labute approximate surface area is 111 Å². The van der Waals surface area contributed by atoms with Gasteiger partial charge in [-0.05, 0) is 24.3 Å². The van der Waals surface area contributed by atoms with Gasteiger partial charge in [-0.1, -0.05) is 15.9 Å². The van der Waals surface area contributed by atoms with Gasteiger partial charge in [0.25, 0.3) is 0 Å². The van der Waals surface area contributed by atoms with E-state index in [2.05, 4.69) is 21.2 Å². The lowest BCUT2D eigenvalue weighted by atomic mass is 10.2. The monoisotopic (exact) mass is 313 g/mol. The highest BCUT2D eigenvalue weighted by Crippen LogP contribution is 2.20. The summed E-state index contributed by atoms with van der Waals surface area (Å²) in [6, 6.07) is 5.92. The molecule has 1 aromatic carbocycles. The van der Waals surface area contributed by atoms with E-state index in [1.807, 2.05) is 0 Å². The quantitative estimate of drug-likeness (QED) is 0.907. The van der Waals surface area contributed by atoms with Gasteiger partial charge in [-0.15, -0.1) is 0 Å². The molecule has 2 rings (SSSR count). The minimum Gasteiger partial charge on any atom is -0.478 e. The number of rotatable bonds is 4. The number of carboxylic acids is 1. The number of carboxylic acid groups (broad SMARTS) is 1. The van der Waals surface area contributed by atoms with E-state index in [0.29, 0.717) is 4.47 Å². The Morgan fingerprint density at radius 1 is 1.44 bits per heavy atom. The predicted molar refractivity (Wildman–Crippen MR) is 67.1 cm³/mol. The van der Waals surface area contributed by atoms with Gasteiger partial charge in [-0.3, -0.25) is 0 Å². The summed E-state index contributed by atoms with van der Waals surface area (Å²) in [6.45, 7) is 0.104. The molecule has 0 amide bonds. The molecule has 6 heteroatoms. The van der Waals surface area contributed by atoms with Crippen molar-refractivity contribution in [2.75, 3.05) is 5.32 Å². The van der Waals surface area contributed by atoms with Crippen LogP contribution in [-0.2, 0) is 6.54 Å². The molecule has 1 aromatic heterocycles. The number of benzene rings is 1. The zero-order valence-corrected chi connectivity index (χ0v) is 10.7. The lowest BCUT2D eigenvalue weighted by Gasteiger charge is -2.06. The van der Waals surface area contributed by atoms with E-state index in [9.17, 15) is 9.18 Å². The molecule has 0 bridgehead atoms. The highest BCUT2D eigenvalue weighted by molar-refractivity contribution is 9.10. The number of aromatic carboxylic acids is 1. The van der Waals surface area contributed by atoms with Gasteiger partial charge < -0.3 is 14.8 Å². The van der Waals surface area contributed by atoms with Crippen LogP contribution in [0.1, 0.15) is 16.1 Å². The van der Waals surface area contributed by atoms with Crippen LogP contribution >= 0.6 is 15.9 Å². The smallest absolute Gasteiger partial charge is 0.339 e. The molecule has 0 aliphatic carbocycles. The van der Waals surface area contributed by atoms with E-state index in [1.54, 1.807) is 12.1 Å². The van der Waals surface area contributed by atoms with Crippen molar-refractivity contribution in [3.05, 3.63) is 52.1 Å². The number of halogens is 2. The first-order valence-corrected chi connectivity index (χ1v) is 5.86. The average molecular weight is 314 g/mol. The molecule has 0 fully saturated rings. The van der Waals surface area contributed by atoms with Crippen molar-refractivity contribution in [1.82, 2.24) is 0 Å². The summed E-state index contributed by atoms with van der Waals surface area (Å²) in [6.07, 6.45) is 1.29. The van der Waals surface area contributed by atoms with Gasteiger partial charge in [-0.2, -0.15) is 0 Å². The first-order chi connectivity index (χ1) is 8.58. The minimum absolute atomic E-state index is 0.0695. The molecule has 0 atom stereocenters. The fraction of sp³-hybridized carbons (Fsp3) is 0.0833. The number of anilines is 1. The van der Waals surface area contributed by atoms with Crippen molar-refractivity contribution in [2.24, 2.45) is 0 Å². The van der Waals surface area contributed by atoms with Crippen molar-refractivity contribution in [3.63, 3.8) is 0 Å². The molecule has 0 saturated heterocycles. The van der Waals surface area contributed by atoms with Crippen LogP contribution in [0.3, 0.4) is 0 Å². The summed E-state index contributed by atoms with van der Waals surface area (Å²) in [5, 5.41) is 11.7. The standard InChI is InChI=1S/C12H9BrFNO3/c13-7-1-2-10(9(14)5-7)15-6-11-8(12(16)17)3-4-18-11/h1-5,15H,6H2,(H,16,17). The van der Waals surface area contributed by atoms with Crippen LogP contribution < -0.4 is 5.32 Å². The molecule has 0 saturated carbocycles. The SMILES string of the molecule is O=C(O)c1ccoc1CNc1ccc(Br)cc1F. The Morgan fingerprint density at radius 3 is 2.89 bits per heavy atom. The molecular formula is C12H9BrFNO3. The molecule has 0 radical (unpaired) electrons. The Morgan fingerprint density at radius 2 is 2.22 bits per heavy atom. The van der Waals surface area contributed by atoms with E-state index >= 15 is 0 Å². The van der Waals surface area contributed by atoms with Crippen molar-refractivity contribution >= 4 is 27.6 Å². The van der Waals surface area contributed by atoms with E-state index in [-0.39, 0.29) is 23.6 Å². The van der Waals surface area contributed by atoms with Gasteiger partial charge in [0, 0.05) is 4.47 Å². The van der Waals surface area contributed by atoms with Crippen LogP contribution in [-0.4, -0.2) is 11.1 Å². The maximum absolute atomic E-state index is 13.5. The van der Waals surface area contributed by atoms with Crippen molar-refractivity contribution < 1.29 is 18.7 Å². The molecule has 4 nitrogen and oxygen atoms in total. The fourth-order valence-corrected chi connectivity index (χ4v) is 1.81. The second-order valence-electron chi connectivity index (χ2n) is 3.54. The van der Waals surface area contributed by atoms with Crippen LogP contribution in [0.4, 0.5) is 10.1 Å². The number of hydrogen-bond donors (Lipinski definition) is 2. The second kappa shape index (κ2) is 5.22. The number of carbonyl (C=O) groups is 1. The van der Waals surface area contributed by atoms with Crippen molar-refractivity contribution in [1.29, 1.82) is 0 Å². The lowest BCUT2D eigenvalue weighted by Crippen LogP contribution is -2.05. The molecule has 2 aromatic rings.